The summed E-state index contributed by atoms with van der Waals surface area (Å²) in [5, 5.41) is 7.72. The first kappa shape index (κ1) is 11.1. The molecule has 1 N–H and O–H groups in total. The van der Waals surface area contributed by atoms with Crippen molar-refractivity contribution < 1.29 is 4.79 Å². The van der Waals surface area contributed by atoms with E-state index in [1.165, 1.54) is 6.20 Å². The van der Waals surface area contributed by atoms with Crippen molar-refractivity contribution in [1.82, 2.24) is 20.1 Å². The number of nitrogens with one attached hydrogen (secondary N) is 1. The monoisotopic (exact) mass is 228 g/mol. The summed E-state index contributed by atoms with van der Waals surface area (Å²) in [5.74, 6) is 2.13. The van der Waals surface area contributed by atoms with E-state index in [-0.39, 0.29) is 12.5 Å². The SMILES string of the molecule is C#CCNC(=O)c1cnc2c(c1)c(C)nn2C. The molecule has 0 bridgehead atoms. The van der Waals surface area contributed by atoms with Crippen LogP contribution in [0.5, 0.6) is 0 Å². The number of aryl methyl sites for hydroxylation is 2. The van der Waals surface area contributed by atoms with Gasteiger partial charge in [-0.25, -0.2) is 4.98 Å². The van der Waals surface area contributed by atoms with Crippen LogP contribution < -0.4 is 5.32 Å². The van der Waals surface area contributed by atoms with Gasteiger partial charge in [0.25, 0.3) is 5.91 Å². The molecule has 86 valence electrons. The van der Waals surface area contributed by atoms with Crippen LogP contribution in [-0.2, 0) is 7.05 Å². The number of terminal acetylenes is 1. The van der Waals surface area contributed by atoms with Crippen molar-refractivity contribution in [3.05, 3.63) is 23.5 Å². The lowest BCUT2D eigenvalue weighted by Gasteiger charge is -2.01. The van der Waals surface area contributed by atoms with Gasteiger partial charge >= 0.3 is 0 Å². The van der Waals surface area contributed by atoms with Gasteiger partial charge in [-0.3, -0.25) is 9.48 Å². The zero-order valence-electron chi connectivity index (χ0n) is 9.69. The molecule has 1 amide bonds. The van der Waals surface area contributed by atoms with Crippen LogP contribution in [0.25, 0.3) is 11.0 Å². The summed E-state index contributed by atoms with van der Waals surface area (Å²) < 4.78 is 1.69. The van der Waals surface area contributed by atoms with Crippen LogP contribution in [-0.4, -0.2) is 27.2 Å². The van der Waals surface area contributed by atoms with Crippen molar-refractivity contribution >= 4 is 16.9 Å². The second-order valence-electron chi connectivity index (χ2n) is 3.69. The maximum Gasteiger partial charge on any atom is 0.253 e. The Balaban J connectivity index is 2.41. The van der Waals surface area contributed by atoms with Gasteiger partial charge in [-0.15, -0.1) is 6.42 Å². The molecule has 0 aliphatic heterocycles. The standard InChI is InChI=1S/C12H12N4O/c1-4-5-13-12(17)9-6-10-8(2)15-16(3)11(10)14-7-9/h1,6-7H,5H2,2-3H3,(H,13,17). The second kappa shape index (κ2) is 4.26. The molecule has 0 unspecified atom stereocenters. The van der Waals surface area contributed by atoms with Crippen LogP contribution in [0.15, 0.2) is 12.3 Å². The van der Waals surface area contributed by atoms with E-state index in [0.29, 0.717) is 5.56 Å². The minimum atomic E-state index is -0.222. The van der Waals surface area contributed by atoms with Crippen molar-refractivity contribution in [2.75, 3.05) is 6.54 Å². The summed E-state index contributed by atoms with van der Waals surface area (Å²) in [6, 6.07) is 1.77. The molecule has 2 aromatic heterocycles. The number of carbonyl (C=O) groups is 1. The van der Waals surface area contributed by atoms with E-state index < -0.39 is 0 Å². The lowest BCUT2D eigenvalue weighted by molar-refractivity contribution is 0.0958. The van der Waals surface area contributed by atoms with Crippen LogP contribution in [0.4, 0.5) is 0 Å². The Kier molecular flexibility index (Phi) is 2.79. The van der Waals surface area contributed by atoms with Gasteiger partial charge in [0, 0.05) is 18.6 Å². The minimum absolute atomic E-state index is 0.211. The molecule has 0 aromatic carbocycles. The molecular weight excluding hydrogens is 216 g/mol. The fourth-order valence-electron chi connectivity index (χ4n) is 1.67. The molecule has 5 nitrogen and oxygen atoms in total. The Morgan fingerprint density at radius 2 is 2.41 bits per heavy atom. The average molecular weight is 228 g/mol. The summed E-state index contributed by atoms with van der Waals surface area (Å²) in [6.45, 7) is 2.09. The Labute approximate surface area is 98.8 Å². The van der Waals surface area contributed by atoms with Gasteiger partial charge < -0.3 is 5.32 Å². The Hall–Kier alpha value is -2.35. The van der Waals surface area contributed by atoms with Gasteiger partial charge in [-0.2, -0.15) is 5.10 Å². The van der Waals surface area contributed by atoms with Gasteiger partial charge in [0.05, 0.1) is 17.8 Å². The van der Waals surface area contributed by atoms with E-state index in [9.17, 15) is 4.79 Å². The van der Waals surface area contributed by atoms with E-state index >= 15 is 0 Å². The Bertz CT molecular complexity index is 621. The van der Waals surface area contributed by atoms with Gasteiger partial charge in [0.1, 0.15) is 0 Å². The first-order chi connectivity index (χ1) is 8.13. The predicted molar refractivity (Wildman–Crippen MR) is 64.4 cm³/mol. The van der Waals surface area contributed by atoms with Crippen LogP contribution >= 0.6 is 0 Å². The van der Waals surface area contributed by atoms with Crippen molar-refractivity contribution in [2.45, 2.75) is 6.92 Å². The summed E-state index contributed by atoms with van der Waals surface area (Å²) in [7, 11) is 1.82. The van der Waals surface area contributed by atoms with Crippen molar-refractivity contribution in [3.63, 3.8) is 0 Å². The van der Waals surface area contributed by atoms with Crippen LogP contribution in [0, 0.1) is 19.3 Å². The quantitative estimate of drug-likeness (QED) is 0.767. The molecule has 0 spiro atoms. The Morgan fingerprint density at radius 1 is 1.65 bits per heavy atom. The maximum absolute atomic E-state index is 11.7. The van der Waals surface area contributed by atoms with Gasteiger partial charge in [0.15, 0.2) is 5.65 Å². The molecule has 0 radical (unpaired) electrons. The summed E-state index contributed by atoms with van der Waals surface area (Å²) >= 11 is 0. The number of carbonyl (C=O) groups excluding carboxylic acids is 1. The maximum atomic E-state index is 11.7. The van der Waals surface area contributed by atoms with E-state index in [1.54, 1.807) is 10.7 Å². The molecule has 0 fully saturated rings. The molecule has 0 saturated carbocycles. The van der Waals surface area contributed by atoms with Gasteiger partial charge in [-0.05, 0) is 13.0 Å². The zero-order valence-corrected chi connectivity index (χ0v) is 9.69. The largest absolute Gasteiger partial charge is 0.341 e. The number of hydrogen-bond acceptors (Lipinski definition) is 3. The fourth-order valence-corrected chi connectivity index (χ4v) is 1.67. The van der Waals surface area contributed by atoms with Crippen LogP contribution in [0.1, 0.15) is 16.1 Å². The third-order valence-corrected chi connectivity index (χ3v) is 2.48. The highest BCUT2D eigenvalue weighted by molar-refractivity contribution is 5.97. The number of fused-ring (bicyclic) bond motifs is 1. The Morgan fingerprint density at radius 3 is 3.12 bits per heavy atom. The summed E-state index contributed by atoms with van der Waals surface area (Å²) in [6.07, 6.45) is 6.60. The van der Waals surface area contributed by atoms with Gasteiger partial charge in [-0.1, -0.05) is 5.92 Å². The molecule has 0 aliphatic carbocycles. The first-order valence-corrected chi connectivity index (χ1v) is 5.14. The lowest BCUT2D eigenvalue weighted by atomic mass is 10.2. The number of hydrogen-bond donors (Lipinski definition) is 1. The van der Waals surface area contributed by atoms with Crippen molar-refractivity contribution in [3.8, 4) is 12.3 Å². The van der Waals surface area contributed by atoms with Gasteiger partial charge in [0.2, 0.25) is 0 Å². The van der Waals surface area contributed by atoms with E-state index in [0.717, 1.165) is 16.7 Å². The molecule has 0 aliphatic rings. The molecule has 0 atom stereocenters. The van der Waals surface area contributed by atoms with Crippen molar-refractivity contribution in [1.29, 1.82) is 0 Å². The van der Waals surface area contributed by atoms with E-state index in [1.807, 2.05) is 14.0 Å². The molecule has 2 aromatic rings. The minimum Gasteiger partial charge on any atom is -0.341 e. The van der Waals surface area contributed by atoms with Crippen LogP contribution in [0.2, 0.25) is 0 Å². The predicted octanol–water partition coefficient (Wildman–Crippen LogP) is 0.640. The normalized spacial score (nSPS) is 10.2. The lowest BCUT2D eigenvalue weighted by Crippen LogP contribution is -2.23. The second-order valence-corrected chi connectivity index (χ2v) is 3.69. The number of aromatic nitrogens is 3. The summed E-state index contributed by atoms with van der Waals surface area (Å²) in [4.78, 5) is 15.9. The molecular formula is C12H12N4O. The smallest absolute Gasteiger partial charge is 0.253 e. The number of pyridine rings is 1. The van der Waals surface area contributed by atoms with Crippen LogP contribution in [0.3, 0.4) is 0 Å². The highest BCUT2D eigenvalue weighted by Crippen LogP contribution is 2.16. The third-order valence-electron chi connectivity index (χ3n) is 2.48. The fraction of sp³-hybridized carbons (Fsp3) is 0.250. The number of rotatable bonds is 2. The topological polar surface area (TPSA) is 59.8 Å². The molecule has 2 rings (SSSR count). The first-order valence-electron chi connectivity index (χ1n) is 5.14. The number of amides is 1. The molecule has 0 saturated heterocycles. The zero-order chi connectivity index (χ0) is 12.4. The highest BCUT2D eigenvalue weighted by atomic mass is 16.1. The molecule has 5 heteroatoms. The summed E-state index contributed by atoms with van der Waals surface area (Å²) in [5.41, 5.74) is 2.10. The third kappa shape index (κ3) is 1.97. The van der Waals surface area contributed by atoms with E-state index in [2.05, 4.69) is 21.3 Å². The van der Waals surface area contributed by atoms with Crippen molar-refractivity contribution in [2.24, 2.45) is 7.05 Å². The highest BCUT2D eigenvalue weighted by Gasteiger charge is 2.10. The molecule has 17 heavy (non-hydrogen) atoms. The molecule has 2 heterocycles. The average Bonchev–Trinajstić information content (AvgIpc) is 2.61. The number of nitrogens with zero attached hydrogens (tertiary/aromatic N) is 3. The van der Waals surface area contributed by atoms with E-state index in [4.69, 9.17) is 6.42 Å².